The van der Waals surface area contributed by atoms with Crippen molar-refractivity contribution in [3.05, 3.63) is 66.2 Å². The molecule has 0 radical (unpaired) electrons. The Hall–Kier alpha value is -2.22. The SMILES string of the molecule is C/C(=C\CCN1C[C@H](O)[C@@H](O)[C@H](O)[C@H]1CO)c1ccc(Oc2ccccc2)cc1. The van der Waals surface area contributed by atoms with Gasteiger partial charge in [0.05, 0.1) is 18.8 Å². The molecule has 6 heteroatoms. The van der Waals surface area contributed by atoms with Crippen LogP contribution < -0.4 is 4.74 Å². The number of hydrogen-bond acceptors (Lipinski definition) is 6. The van der Waals surface area contributed by atoms with E-state index in [9.17, 15) is 20.4 Å². The van der Waals surface area contributed by atoms with Gasteiger partial charge in [-0.3, -0.25) is 4.90 Å². The highest BCUT2D eigenvalue weighted by molar-refractivity contribution is 5.64. The lowest BCUT2D eigenvalue weighted by Crippen LogP contribution is -2.62. The molecule has 6 nitrogen and oxygen atoms in total. The zero-order valence-electron chi connectivity index (χ0n) is 16.6. The van der Waals surface area contributed by atoms with Crippen molar-refractivity contribution in [2.45, 2.75) is 37.7 Å². The summed E-state index contributed by atoms with van der Waals surface area (Å²) in [6.07, 6.45) is -0.621. The van der Waals surface area contributed by atoms with Crippen LogP contribution in [-0.2, 0) is 0 Å². The Labute approximate surface area is 171 Å². The van der Waals surface area contributed by atoms with Crippen molar-refractivity contribution in [1.29, 1.82) is 0 Å². The fourth-order valence-corrected chi connectivity index (χ4v) is 3.61. The molecule has 1 heterocycles. The van der Waals surface area contributed by atoms with Crippen LogP contribution in [0.2, 0.25) is 0 Å². The fraction of sp³-hybridized carbons (Fsp3) is 0.391. The van der Waals surface area contributed by atoms with Gasteiger partial charge in [-0.1, -0.05) is 36.4 Å². The normalized spacial score (nSPS) is 25.8. The van der Waals surface area contributed by atoms with Gasteiger partial charge in [0.1, 0.15) is 23.7 Å². The summed E-state index contributed by atoms with van der Waals surface area (Å²) < 4.78 is 5.81. The number of allylic oxidation sites excluding steroid dienone is 1. The Morgan fingerprint density at radius 2 is 1.66 bits per heavy atom. The second-order valence-electron chi connectivity index (χ2n) is 7.41. The van der Waals surface area contributed by atoms with Crippen molar-refractivity contribution in [1.82, 2.24) is 4.90 Å². The first kappa shape index (κ1) is 21.5. The molecule has 1 fully saturated rings. The first-order valence-electron chi connectivity index (χ1n) is 9.89. The summed E-state index contributed by atoms with van der Waals surface area (Å²) in [5, 5.41) is 39.3. The zero-order valence-corrected chi connectivity index (χ0v) is 16.6. The standard InChI is InChI=1S/C23H29NO5/c1-16(6-5-13-24-14-21(26)23(28)22(27)20(24)15-25)17-9-11-19(12-10-17)29-18-7-3-2-4-8-18/h2-4,6-12,20-23,25-28H,5,13-15H2,1H3/b16-6+/t20-,21+,22-,23-/m1/s1. The first-order valence-corrected chi connectivity index (χ1v) is 9.89. The van der Waals surface area contributed by atoms with Crippen molar-refractivity contribution in [2.24, 2.45) is 0 Å². The van der Waals surface area contributed by atoms with Crippen LogP contribution in [0.25, 0.3) is 5.57 Å². The molecule has 1 aliphatic heterocycles. The van der Waals surface area contributed by atoms with Gasteiger partial charge in [-0.2, -0.15) is 0 Å². The third kappa shape index (κ3) is 5.44. The van der Waals surface area contributed by atoms with Crippen LogP contribution >= 0.6 is 0 Å². The molecule has 0 amide bonds. The summed E-state index contributed by atoms with van der Waals surface area (Å²) >= 11 is 0. The molecule has 4 atom stereocenters. The van der Waals surface area contributed by atoms with E-state index < -0.39 is 24.4 Å². The lowest BCUT2D eigenvalue weighted by atomic mass is 9.94. The average molecular weight is 399 g/mol. The topological polar surface area (TPSA) is 93.4 Å². The summed E-state index contributed by atoms with van der Waals surface area (Å²) in [4.78, 5) is 1.82. The van der Waals surface area contributed by atoms with E-state index in [2.05, 4.69) is 6.08 Å². The quantitative estimate of drug-likeness (QED) is 0.569. The number of aliphatic hydroxyl groups is 4. The minimum Gasteiger partial charge on any atom is -0.457 e. The minimum absolute atomic E-state index is 0.224. The number of ether oxygens (including phenoxy) is 1. The number of β-amino-alcohol motifs (C(OH)–C–C–N with tert-alkyl or cyclic N) is 1. The van der Waals surface area contributed by atoms with Gasteiger partial charge in [-0.25, -0.2) is 0 Å². The monoisotopic (exact) mass is 399 g/mol. The molecule has 3 rings (SSSR count). The molecule has 2 aromatic rings. The summed E-state index contributed by atoms with van der Waals surface area (Å²) in [5.41, 5.74) is 2.19. The second-order valence-corrected chi connectivity index (χ2v) is 7.41. The fourth-order valence-electron chi connectivity index (χ4n) is 3.61. The molecule has 1 aliphatic rings. The molecule has 0 unspecified atom stereocenters. The van der Waals surface area contributed by atoms with Crippen molar-refractivity contribution in [3.8, 4) is 11.5 Å². The first-order chi connectivity index (χ1) is 14.0. The van der Waals surface area contributed by atoms with Crippen LogP contribution in [0.5, 0.6) is 11.5 Å². The van der Waals surface area contributed by atoms with Gasteiger partial charge in [-0.05, 0) is 48.7 Å². The van der Waals surface area contributed by atoms with E-state index in [1.165, 1.54) is 0 Å². The van der Waals surface area contributed by atoms with E-state index in [0.717, 1.165) is 22.6 Å². The minimum atomic E-state index is -1.22. The lowest BCUT2D eigenvalue weighted by molar-refractivity contribution is -0.144. The van der Waals surface area contributed by atoms with Crippen molar-refractivity contribution >= 4 is 5.57 Å². The highest BCUT2D eigenvalue weighted by Gasteiger charge is 2.40. The molecule has 4 N–H and O–H groups in total. The van der Waals surface area contributed by atoms with E-state index in [1.807, 2.05) is 66.4 Å². The zero-order chi connectivity index (χ0) is 20.8. The van der Waals surface area contributed by atoms with Gasteiger partial charge in [-0.15, -0.1) is 0 Å². The smallest absolute Gasteiger partial charge is 0.127 e. The van der Waals surface area contributed by atoms with Crippen LogP contribution in [0.15, 0.2) is 60.7 Å². The van der Waals surface area contributed by atoms with Crippen LogP contribution in [-0.4, -0.2) is 69.4 Å². The van der Waals surface area contributed by atoms with Crippen LogP contribution in [0.3, 0.4) is 0 Å². The van der Waals surface area contributed by atoms with Gasteiger partial charge >= 0.3 is 0 Å². The maximum Gasteiger partial charge on any atom is 0.127 e. The maximum atomic E-state index is 10.1. The van der Waals surface area contributed by atoms with E-state index in [1.54, 1.807) is 0 Å². The van der Waals surface area contributed by atoms with Crippen LogP contribution in [0.1, 0.15) is 18.9 Å². The predicted octanol–water partition coefficient (Wildman–Crippen LogP) is 2.03. The number of rotatable bonds is 7. The highest BCUT2D eigenvalue weighted by Crippen LogP contribution is 2.24. The number of aliphatic hydroxyl groups excluding tert-OH is 4. The third-order valence-corrected chi connectivity index (χ3v) is 5.37. The predicted molar refractivity (Wildman–Crippen MR) is 112 cm³/mol. The van der Waals surface area contributed by atoms with Gasteiger partial charge in [0.15, 0.2) is 0 Å². The molecule has 1 saturated heterocycles. The van der Waals surface area contributed by atoms with Crippen LogP contribution in [0, 0.1) is 0 Å². The Bertz CT molecular complexity index is 793. The Morgan fingerprint density at radius 1 is 1.00 bits per heavy atom. The Balaban J connectivity index is 1.57. The molecule has 0 bridgehead atoms. The van der Waals surface area contributed by atoms with Gasteiger partial charge in [0, 0.05) is 13.1 Å². The average Bonchev–Trinajstić information content (AvgIpc) is 2.73. The van der Waals surface area contributed by atoms with E-state index in [4.69, 9.17) is 4.74 Å². The number of para-hydroxylation sites is 1. The number of nitrogens with zero attached hydrogens (tertiary/aromatic N) is 1. The van der Waals surface area contributed by atoms with Crippen molar-refractivity contribution in [2.75, 3.05) is 19.7 Å². The molecule has 156 valence electrons. The summed E-state index contributed by atoms with van der Waals surface area (Å²) in [6.45, 7) is 2.55. The molecule has 0 aromatic heterocycles. The van der Waals surface area contributed by atoms with Crippen LogP contribution in [0.4, 0.5) is 0 Å². The molecule has 0 aliphatic carbocycles. The lowest BCUT2D eigenvalue weighted by Gasteiger charge is -2.43. The third-order valence-electron chi connectivity index (χ3n) is 5.37. The molecular weight excluding hydrogens is 370 g/mol. The molecular formula is C23H29NO5. The van der Waals surface area contributed by atoms with Gasteiger partial charge < -0.3 is 25.2 Å². The Kier molecular flexibility index (Phi) is 7.41. The molecule has 29 heavy (non-hydrogen) atoms. The largest absolute Gasteiger partial charge is 0.457 e. The number of benzene rings is 2. The summed E-state index contributed by atoms with van der Waals surface area (Å²) in [5.74, 6) is 1.57. The van der Waals surface area contributed by atoms with E-state index >= 15 is 0 Å². The number of likely N-dealkylation sites (tertiary alicyclic amines) is 1. The number of piperidine rings is 1. The second kappa shape index (κ2) is 10.0. The highest BCUT2D eigenvalue weighted by atomic mass is 16.5. The van der Waals surface area contributed by atoms with Crippen molar-refractivity contribution < 1.29 is 25.2 Å². The maximum absolute atomic E-state index is 10.1. The summed E-state index contributed by atoms with van der Waals surface area (Å²) in [7, 11) is 0. The summed E-state index contributed by atoms with van der Waals surface area (Å²) in [6, 6.07) is 16.9. The molecule has 2 aromatic carbocycles. The van der Waals surface area contributed by atoms with E-state index in [0.29, 0.717) is 13.0 Å². The van der Waals surface area contributed by atoms with Gasteiger partial charge in [0.2, 0.25) is 0 Å². The van der Waals surface area contributed by atoms with Crippen molar-refractivity contribution in [3.63, 3.8) is 0 Å². The number of hydrogen-bond donors (Lipinski definition) is 4. The Morgan fingerprint density at radius 3 is 2.31 bits per heavy atom. The van der Waals surface area contributed by atoms with E-state index in [-0.39, 0.29) is 13.2 Å². The molecule has 0 spiro atoms. The molecule has 0 saturated carbocycles. The van der Waals surface area contributed by atoms with Gasteiger partial charge in [0.25, 0.3) is 0 Å².